The van der Waals surface area contributed by atoms with Crippen LogP contribution in [0.2, 0.25) is 0 Å². The summed E-state index contributed by atoms with van der Waals surface area (Å²) >= 11 is 0. The summed E-state index contributed by atoms with van der Waals surface area (Å²) in [5.41, 5.74) is -0.579. The van der Waals surface area contributed by atoms with Crippen LogP contribution < -0.4 is 10.1 Å². The summed E-state index contributed by atoms with van der Waals surface area (Å²) in [5.74, 6) is -1.56. The number of carbonyl (C=O) groups is 2. The van der Waals surface area contributed by atoms with Crippen molar-refractivity contribution in [3.8, 4) is 5.75 Å². The summed E-state index contributed by atoms with van der Waals surface area (Å²) in [6.07, 6.45) is 0.777. The number of esters is 2. The van der Waals surface area contributed by atoms with Gasteiger partial charge in [0.05, 0.1) is 33.1 Å². The predicted octanol–water partition coefficient (Wildman–Crippen LogP) is 0.584. The van der Waals surface area contributed by atoms with Crippen molar-refractivity contribution < 1.29 is 36.8 Å². The molecule has 0 spiro atoms. The van der Waals surface area contributed by atoms with Gasteiger partial charge < -0.3 is 19.5 Å². The summed E-state index contributed by atoms with van der Waals surface area (Å²) in [6.45, 7) is 0. The first-order valence-corrected chi connectivity index (χ1v) is 7.47. The van der Waals surface area contributed by atoms with Gasteiger partial charge in [-0.05, 0) is 12.1 Å². The highest BCUT2D eigenvalue weighted by atomic mass is 32.2. The highest BCUT2D eigenvalue weighted by molar-refractivity contribution is 7.86. The average Bonchev–Trinajstić information content (AvgIpc) is 2.51. The lowest BCUT2D eigenvalue weighted by Crippen LogP contribution is -2.17. The lowest BCUT2D eigenvalue weighted by Gasteiger charge is -2.13. The van der Waals surface area contributed by atoms with E-state index in [1.54, 1.807) is 0 Å². The number of hydrogen-bond acceptors (Lipinski definition) is 8. The molecule has 23 heavy (non-hydrogen) atoms. The Kier molecular flexibility index (Phi) is 6.10. The van der Waals surface area contributed by atoms with E-state index in [1.165, 1.54) is 19.2 Å². The fraction of sp³-hybridized carbons (Fsp3) is 0.231. The number of nitrogens with one attached hydrogen (secondary N) is 1. The van der Waals surface area contributed by atoms with Gasteiger partial charge in [0, 0.05) is 6.07 Å². The summed E-state index contributed by atoms with van der Waals surface area (Å²) in [7, 11) is -1.07. The van der Waals surface area contributed by atoms with Gasteiger partial charge in [0.15, 0.2) is 0 Å². The van der Waals surface area contributed by atoms with Crippen LogP contribution >= 0.6 is 0 Å². The van der Waals surface area contributed by atoms with Crippen molar-refractivity contribution in [3.63, 3.8) is 0 Å². The van der Waals surface area contributed by atoms with Crippen molar-refractivity contribution >= 4 is 27.7 Å². The molecule has 0 bridgehead atoms. The molecule has 0 amide bonds. The van der Waals surface area contributed by atoms with E-state index in [0.29, 0.717) is 0 Å². The van der Waals surface area contributed by atoms with Crippen molar-refractivity contribution in [2.24, 2.45) is 0 Å². The summed E-state index contributed by atoms with van der Waals surface area (Å²) < 4.78 is 45.9. The zero-order chi connectivity index (χ0) is 17.6. The number of rotatable bonds is 6. The Bertz CT molecular complexity index is 738. The van der Waals surface area contributed by atoms with Crippen LogP contribution in [0.3, 0.4) is 0 Å². The Morgan fingerprint density at radius 1 is 1.17 bits per heavy atom. The number of hydrogen-bond donors (Lipinski definition) is 2. The fourth-order valence-electron chi connectivity index (χ4n) is 1.54. The molecule has 0 aliphatic heterocycles. The molecule has 0 aliphatic carbocycles. The molecular weight excluding hydrogens is 330 g/mol. The zero-order valence-corrected chi connectivity index (χ0v) is 13.3. The van der Waals surface area contributed by atoms with Gasteiger partial charge >= 0.3 is 11.9 Å². The van der Waals surface area contributed by atoms with Crippen LogP contribution in [0.5, 0.6) is 5.75 Å². The summed E-state index contributed by atoms with van der Waals surface area (Å²) in [4.78, 5) is 22.5. The molecule has 0 aromatic heterocycles. The second-order valence-corrected chi connectivity index (χ2v) is 5.42. The number of carbonyl (C=O) groups excluding carboxylic acids is 2. The van der Waals surface area contributed by atoms with E-state index in [9.17, 15) is 22.6 Å². The maximum Gasteiger partial charge on any atom is 0.354 e. The smallest absolute Gasteiger partial charge is 0.354 e. The Labute approximate surface area is 132 Å². The molecule has 10 heteroatoms. The molecule has 1 aromatic carbocycles. The normalized spacial score (nSPS) is 11.6. The van der Waals surface area contributed by atoms with Crippen LogP contribution in [0, 0.1) is 0 Å². The largest absolute Gasteiger partial charge is 0.497 e. The van der Waals surface area contributed by atoms with Crippen LogP contribution in [-0.4, -0.2) is 46.2 Å². The molecule has 0 radical (unpaired) electrons. The Morgan fingerprint density at radius 3 is 2.30 bits per heavy atom. The van der Waals surface area contributed by atoms with Crippen molar-refractivity contribution in [1.29, 1.82) is 0 Å². The van der Waals surface area contributed by atoms with E-state index < -0.39 is 32.6 Å². The molecule has 0 fully saturated rings. The average molecular weight is 345 g/mol. The SMILES string of the molecule is COC(=O)/C=C(/Nc1cc(OC)ccc1S(=O)(=O)O)C(=O)OC. The molecule has 1 aromatic rings. The van der Waals surface area contributed by atoms with Crippen molar-refractivity contribution in [3.05, 3.63) is 30.0 Å². The van der Waals surface area contributed by atoms with Crippen molar-refractivity contribution in [2.75, 3.05) is 26.6 Å². The standard InChI is InChI=1S/C13H15NO8S/c1-20-8-4-5-11(23(17,18)19)9(6-8)14-10(13(16)22-3)7-12(15)21-2/h4-7,14H,1-3H3,(H,17,18,19)/b10-7+. The molecule has 0 aliphatic rings. The molecule has 2 N–H and O–H groups in total. The lowest BCUT2D eigenvalue weighted by molar-refractivity contribution is -0.138. The molecule has 9 nitrogen and oxygen atoms in total. The van der Waals surface area contributed by atoms with Crippen LogP contribution in [0.25, 0.3) is 0 Å². The van der Waals surface area contributed by atoms with E-state index in [-0.39, 0.29) is 11.4 Å². The molecular formula is C13H15NO8S. The maximum absolute atomic E-state index is 11.7. The quantitative estimate of drug-likeness (QED) is 0.432. The van der Waals surface area contributed by atoms with Gasteiger partial charge in [0.25, 0.3) is 10.1 Å². The van der Waals surface area contributed by atoms with E-state index in [4.69, 9.17) is 4.74 Å². The third kappa shape index (κ3) is 4.97. The van der Waals surface area contributed by atoms with Gasteiger partial charge in [0.1, 0.15) is 16.3 Å². The molecule has 126 valence electrons. The number of anilines is 1. The number of benzene rings is 1. The molecule has 1 rings (SSSR count). The van der Waals surface area contributed by atoms with Crippen molar-refractivity contribution in [2.45, 2.75) is 4.90 Å². The van der Waals surface area contributed by atoms with E-state index in [0.717, 1.165) is 26.4 Å². The maximum atomic E-state index is 11.7. The van der Waals surface area contributed by atoms with Crippen LogP contribution in [0.1, 0.15) is 0 Å². The van der Waals surface area contributed by atoms with Crippen LogP contribution in [0.15, 0.2) is 34.9 Å². The first-order chi connectivity index (χ1) is 10.7. The summed E-state index contributed by atoms with van der Waals surface area (Å²) in [6, 6.07) is 3.59. The highest BCUT2D eigenvalue weighted by Gasteiger charge is 2.20. The van der Waals surface area contributed by atoms with Gasteiger partial charge in [-0.2, -0.15) is 8.42 Å². The van der Waals surface area contributed by atoms with Gasteiger partial charge in [-0.15, -0.1) is 0 Å². The third-order valence-electron chi connectivity index (χ3n) is 2.60. The molecule has 0 saturated carbocycles. The van der Waals surface area contributed by atoms with E-state index in [2.05, 4.69) is 14.8 Å². The third-order valence-corrected chi connectivity index (χ3v) is 3.51. The Morgan fingerprint density at radius 2 is 1.83 bits per heavy atom. The first-order valence-electron chi connectivity index (χ1n) is 6.03. The number of methoxy groups -OCH3 is 3. The van der Waals surface area contributed by atoms with Gasteiger partial charge in [-0.3, -0.25) is 4.55 Å². The fourth-order valence-corrected chi connectivity index (χ4v) is 2.16. The van der Waals surface area contributed by atoms with Crippen LogP contribution in [-0.2, 0) is 29.2 Å². The minimum atomic E-state index is -4.58. The van der Waals surface area contributed by atoms with E-state index >= 15 is 0 Å². The Balaban J connectivity index is 3.39. The molecule has 0 atom stereocenters. The lowest BCUT2D eigenvalue weighted by atomic mass is 10.2. The highest BCUT2D eigenvalue weighted by Crippen LogP contribution is 2.27. The van der Waals surface area contributed by atoms with Gasteiger partial charge in [-0.1, -0.05) is 0 Å². The Hall–Kier alpha value is -2.59. The molecule has 0 saturated heterocycles. The van der Waals surface area contributed by atoms with Crippen LogP contribution in [0.4, 0.5) is 5.69 Å². The molecule has 0 unspecified atom stereocenters. The van der Waals surface area contributed by atoms with Crippen molar-refractivity contribution in [1.82, 2.24) is 0 Å². The number of ether oxygens (including phenoxy) is 3. The zero-order valence-electron chi connectivity index (χ0n) is 12.5. The topological polar surface area (TPSA) is 128 Å². The van der Waals surface area contributed by atoms with Gasteiger partial charge in [-0.25, -0.2) is 9.59 Å². The monoisotopic (exact) mass is 345 g/mol. The second kappa shape index (κ2) is 7.61. The first kappa shape index (κ1) is 18.5. The second-order valence-electron chi connectivity index (χ2n) is 4.03. The summed E-state index contributed by atoms with van der Waals surface area (Å²) in [5, 5.41) is 2.41. The minimum absolute atomic E-state index is 0.188. The van der Waals surface area contributed by atoms with Gasteiger partial charge in [0.2, 0.25) is 0 Å². The minimum Gasteiger partial charge on any atom is -0.497 e. The van der Waals surface area contributed by atoms with E-state index in [1.807, 2.05) is 0 Å². The molecule has 0 heterocycles. The predicted molar refractivity (Wildman–Crippen MR) is 78.5 cm³/mol.